The molecule has 0 atom stereocenters. The summed E-state index contributed by atoms with van der Waals surface area (Å²) in [4.78, 5) is 37.4. The predicted molar refractivity (Wildman–Crippen MR) is 125 cm³/mol. The van der Waals surface area contributed by atoms with Crippen LogP contribution in [0.5, 0.6) is 0 Å². The topological polar surface area (TPSA) is 89.8 Å². The highest BCUT2D eigenvalue weighted by Gasteiger charge is 2.30. The van der Waals surface area contributed by atoms with Gasteiger partial charge in [-0.1, -0.05) is 30.3 Å². The van der Waals surface area contributed by atoms with Crippen molar-refractivity contribution in [3.63, 3.8) is 0 Å². The van der Waals surface area contributed by atoms with E-state index in [1.807, 2.05) is 30.3 Å². The van der Waals surface area contributed by atoms with Crippen LogP contribution in [0.2, 0.25) is 0 Å². The zero-order chi connectivity index (χ0) is 23.4. The molecule has 0 aliphatic carbocycles. The molecule has 1 aliphatic rings. The largest absolute Gasteiger partial charge is 0.462 e. The lowest BCUT2D eigenvalue weighted by atomic mass is 10.1. The van der Waals surface area contributed by atoms with Gasteiger partial charge in [0.1, 0.15) is 0 Å². The Morgan fingerprint density at radius 3 is 2.27 bits per heavy atom. The first-order valence-corrected chi connectivity index (χ1v) is 10.3. The fourth-order valence-corrected chi connectivity index (χ4v) is 3.53. The Kier molecular flexibility index (Phi) is 6.13. The molecule has 1 aliphatic heterocycles. The lowest BCUT2D eigenvalue weighted by Gasteiger charge is -2.21. The molecule has 33 heavy (non-hydrogen) atoms. The Labute approximate surface area is 190 Å². The summed E-state index contributed by atoms with van der Waals surface area (Å²) in [6, 6.07) is 22.2. The van der Waals surface area contributed by atoms with E-state index in [-0.39, 0.29) is 18.2 Å². The van der Waals surface area contributed by atoms with Gasteiger partial charge in [-0.3, -0.25) is 19.8 Å². The van der Waals surface area contributed by atoms with Gasteiger partial charge in [0.2, 0.25) is 0 Å². The first kappa shape index (κ1) is 21.7. The van der Waals surface area contributed by atoms with Crippen molar-refractivity contribution >= 4 is 35.0 Å². The second-order valence-corrected chi connectivity index (χ2v) is 7.25. The molecule has 0 fully saturated rings. The van der Waals surface area contributed by atoms with Crippen molar-refractivity contribution in [2.75, 3.05) is 11.5 Å². The van der Waals surface area contributed by atoms with Gasteiger partial charge in [0.15, 0.2) is 0 Å². The van der Waals surface area contributed by atoms with Gasteiger partial charge in [-0.15, -0.1) is 0 Å². The molecule has 4 rings (SSSR count). The lowest BCUT2D eigenvalue weighted by molar-refractivity contribution is -0.384. The number of amides is 1. The van der Waals surface area contributed by atoms with Crippen LogP contribution in [0.15, 0.2) is 90.5 Å². The molecule has 1 amide bonds. The Balaban J connectivity index is 1.72. The zero-order valence-electron chi connectivity index (χ0n) is 17.8. The van der Waals surface area contributed by atoms with Crippen LogP contribution in [0.4, 0.5) is 11.4 Å². The first-order chi connectivity index (χ1) is 16.0. The van der Waals surface area contributed by atoms with Gasteiger partial charge in [-0.25, -0.2) is 4.79 Å². The van der Waals surface area contributed by atoms with E-state index in [0.29, 0.717) is 28.1 Å². The van der Waals surface area contributed by atoms with Crippen LogP contribution >= 0.6 is 0 Å². The minimum Gasteiger partial charge on any atom is -0.462 e. The number of rotatable bonds is 6. The number of nitro groups is 1. The van der Waals surface area contributed by atoms with E-state index in [9.17, 15) is 19.7 Å². The maximum Gasteiger partial charge on any atom is 0.338 e. The molecule has 164 valence electrons. The number of ether oxygens (including phenoxy) is 1. The van der Waals surface area contributed by atoms with Gasteiger partial charge in [-0.05, 0) is 66.6 Å². The van der Waals surface area contributed by atoms with Crippen LogP contribution in [0.25, 0.3) is 11.8 Å². The molecular formula is C26H20N2O5. The molecule has 7 nitrogen and oxygen atoms in total. The van der Waals surface area contributed by atoms with Gasteiger partial charge in [0.05, 0.1) is 22.8 Å². The molecular weight excluding hydrogens is 420 g/mol. The summed E-state index contributed by atoms with van der Waals surface area (Å²) in [7, 11) is 0. The Hall–Kier alpha value is -4.52. The molecule has 3 aromatic carbocycles. The molecule has 0 spiro atoms. The molecule has 0 unspecified atom stereocenters. The number of esters is 1. The van der Waals surface area contributed by atoms with Crippen molar-refractivity contribution in [1.29, 1.82) is 0 Å². The highest BCUT2D eigenvalue weighted by molar-refractivity contribution is 6.23. The predicted octanol–water partition coefficient (Wildman–Crippen LogP) is 5.24. The standard InChI is InChI=1S/C26H20N2O5/c1-2-33-26(30)20-10-14-22(15-11-20)27-24(19-6-4-3-5-7-19)17-21(25(27)29)16-18-8-12-23(13-9-18)28(31)32/h3-17H,2H2,1H3/b21-16+. The molecule has 0 saturated carbocycles. The second kappa shape index (κ2) is 9.32. The summed E-state index contributed by atoms with van der Waals surface area (Å²) in [6.45, 7) is 2.02. The van der Waals surface area contributed by atoms with Crippen LogP contribution in [0, 0.1) is 10.1 Å². The number of carbonyl (C=O) groups is 2. The molecule has 3 aromatic rings. The third-order valence-electron chi connectivity index (χ3n) is 5.12. The van der Waals surface area contributed by atoms with E-state index in [0.717, 1.165) is 5.56 Å². The highest BCUT2D eigenvalue weighted by atomic mass is 16.6. The minimum atomic E-state index is -0.466. The molecule has 0 N–H and O–H groups in total. The molecule has 0 bridgehead atoms. The van der Waals surface area contributed by atoms with Crippen molar-refractivity contribution in [2.24, 2.45) is 0 Å². The van der Waals surface area contributed by atoms with E-state index in [2.05, 4.69) is 0 Å². The van der Waals surface area contributed by atoms with Gasteiger partial charge in [0.25, 0.3) is 11.6 Å². The smallest absolute Gasteiger partial charge is 0.338 e. The number of hydrogen-bond acceptors (Lipinski definition) is 5. The number of anilines is 1. The third-order valence-corrected chi connectivity index (χ3v) is 5.12. The van der Waals surface area contributed by atoms with Crippen molar-refractivity contribution in [3.05, 3.63) is 117 Å². The van der Waals surface area contributed by atoms with E-state index >= 15 is 0 Å². The number of benzene rings is 3. The normalized spacial score (nSPS) is 14.3. The van der Waals surface area contributed by atoms with E-state index in [4.69, 9.17) is 4.74 Å². The van der Waals surface area contributed by atoms with E-state index in [1.54, 1.807) is 60.4 Å². The Bertz CT molecular complexity index is 1260. The number of carbonyl (C=O) groups excluding carboxylic acids is 2. The first-order valence-electron chi connectivity index (χ1n) is 10.3. The fraction of sp³-hybridized carbons (Fsp3) is 0.0769. The lowest BCUT2D eigenvalue weighted by Crippen LogP contribution is -2.25. The van der Waals surface area contributed by atoms with Gasteiger partial charge in [0, 0.05) is 23.4 Å². The van der Waals surface area contributed by atoms with Crippen LogP contribution < -0.4 is 4.90 Å². The molecule has 0 aromatic heterocycles. The van der Waals surface area contributed by atoms with Gasteiger partial charge < -0.3 is 4.74 Å². The number of nitrogens with zero attached hydrogens (tertiary/aromatic N) is 2. The van der Waals surface area contributed by atoms with Crippen molar-refractivity contribution in [3.8, 4) is 0 Å². The Morgan fingerprint density at radius 2 is 1.67 bits per heavy atom. The van der Waals surface area contributed by atoms with E-state index < -0.39 is 10.9 Å². The molecule has 7 heteroatoms. The van der Waals surface area contributed by atoms with Crippen molar-refractivity contribution in [1.82, 2.24) is 0 Å². The number of non-ortho nitro benzene ring substituents is 1. The third kappa shape index (κ3) is 4.57. The van der Waals surface area contributed by atoms with Crippen LogP contribution in [0.3, 0.4) is 0 Å². The van der Waals surface area contributed by atoms with Crippen molar-refractivity contribution < 1.29 is 19.2 Å². The van der Waals surface area contributed by atoms with Crippen molar-refractivity contribution in [2.45, 2.75) is 6.92 Å². The average Bonchev–Trinajstić information content (AvgIpc) is 3.16. The summed E-state index contributed by atoms with van der Waals surface area (Å²) >= 11 is 0. The summed E-state index contributed by atoms with van der Waals surface area (Å²) in [6.07, 6.45) is 3.49. The SMILES string of the molecule is CCOC(=O)c1ccc(N2C(=O)/C(=C/c3ccc([N+](=O)[O-])cc3)C=C2c2ccccc2)cc1. The van der Waals surface area contributed by atoms with Crippen LogP contribution in [0.1, 0.15) is 28.4 Å². The highest BCUT2D eigenvalue weighted by Crippen LogP contribution is 2.35. The van der Waals surface area contributed by atoms with Crippen LogP contribution in [-0.2, 0) is 9.53 Å². The number of hydrogen-bond donors (Lipinski definition) is 0. The maximum atomic E-state index is 13.4. The Morgan fingerprint density at radius 1 is 1.00 bits per heavy atom. The number of nitro benzene ring substituents is 1. The maximum absolute atomic E-state index is 13.4. The summed E-state index contributed by atoms with van der Waals surface area (Å²) in [5.41, 5.74) is 3.66. The van der Waals surface area contributed by atoms with E-state index in [1.165, 1.54) is 12.1 Å². The van der Waals surface area contributed by atoms with Gasteiger partial charge in [-0.2, -0.15) is 0 Å². The van der Waals surface area contributed by atoms with Gasteiger partial charge >= 0.3 is 5.97 Å². The summed E-state index contributed by atoms with van der Waals surface area (Å²) < 4.78 is 5.03. The zero-order valence-corrected chi connectivity index (χ0v) is 17.8. The summed E-state index contributed by atoms with van der Waals surface area (Å²) in [5.74, 6) is -0.662. The fourth-order valence-electron chi connectivity index (χ4n) is 3.53. The molecule has 0 radical (unpaired) electrons. The molecule has 0 saturated heterocycles. The summed E-state index contributed by atoms with van der Waals surface area (Å²) in [5, 5.41) is 10.9. The average molecular weight is 440 g/mol. The minimum absolute atomic E-state index is 0.0151. The quantitative estimate of drug-likeness (QED) is 0.226. The monoisotopic (exact) mass is 440 g/mol. The molecule has 1 heterocycles. The van der Waals surface area contributed by atoms with Crippen LogP contribution in [-0.4, -0.2) is 23.4 Å². The second-order valence-electron chi connectivity index (χ2n) is 7.25.